The molecule has 1 nitrogen and oxygen atoms in total. The largest absolute Gasteiger partial charge is 0.313 e. The Hall–Kier alpha value is -0.340. The number of nitrogens with one attached hydrogen (secondary N) is 1. The van der Waals surface area contributed by atoms with Gasteiger partial charge in [-0.1, -0.05) is 0 Å². The summed E-state index contributed by atoms with van der Waals surface area (Å²) < 4.78 is 0. The zero-order chi connectivity index (χ0) is 9.38. The van der Waals surface area contributed by atoms with E-state index in [-0.39, 0.29) is 0 Å². The van der Waals surface area contributed by atoms with Crippen molar-refractivity contribution < 1.29 is 0 Å². The highest BCUT2D eigenvalue weighted by atomic mass is 32.1. The fraction of sp³-hybridized carbons (Fsp3) is 0.667. The van der Waals surface area contributed by atoms with E-state index in [1.165, 1.54) is 38.6 Å². The van der Waals surface area contributed by atoms with Crippen LogP contribution in [-0.4, -0.2) is 12.6 Å². The van der Waals surface area contributed by atoms with Crippen molar-refractivity contribution in [3.05, 3.63) is 21.9 Å². The van der Waals surface area contributed by atoms with Crippen LogP contribution in [0.3, 0.4) is 0 Å². The third-order valence-electron chi connectivity index (χ3n) is 3.68. The van der Waals surface area contributed by atoms with Gasteiger partial charge in [0.05, 0.1) is 0 Å². The first kappa shape index (κ1) is 8.93. The van der Waals surface area contributed by atoms with Crippen LogP contribution >= 0.6 is 11.3 Å². The molecular weight excluding hydrogens is 190 g/mol. The average Bonchev–Trinajstić information content (AvgIpc) is 2.88. The lowest BCUT2D eigenvalue weighted by atomic mass is 9.82. The second kappa shape index (κ2) is 3.67. The molecule has 0 radical (unpaired) electrons. The SMILES string of the molecule is c1cc2c(s1)CCCC2C1CCCN1. The second-order valence-corrected chi connectivity index (χ2v) is 5.50. The van der Waals surface area contributed by atoms with Crippen LogP contribution in [0.1, 0.15) is 42.0 Å². The number of thiophene rings is 1. The maximum absolute atomic E-state index is 3.66. The minimum absolute atomic E-state index is 0.781. The van der Waals surface area contributed by atoms with Gasteiger partial charge in [0.25, 0.3) is 0 Å². The predicted octanol–water partition coefficient (Wildman–Crippen LogP) is 2.92. The lowest BCUT2D eigenvalue weighted by Gasteiger charge is -2.28. The quantitative estimate of drug-likeness (QED) is 0.746. The van der Waals surface area contributed by atoms with Crippen LogP contribution in [0.4, 0.5) is 0 Å². The first-order valence-corrected chi connectivity index (χ1v) is 6.63. The molecule has 0 spiro atoms. The van der Waals surface area contributed by atoms with Crippen LogP contribution in [0.2, 0.25) is 0 Å². The normalized spacial score (nSPS) is 31.7. The van der Waals surface area contributed by atoms with Crippen molar-refractivity contribution in [2.45, 2.75) is 44.1 Å². The van der Waals surface area contributed by atoms with Gasteiger partial charge in [-0.25, -0.2) is 0 Å². The number of rotatable bonds is 1. The monoisotopic (exact) mass is 207 g/mol. The summed E-state index contributed by atoms with van der Waals surface area (Å²) in [6, 6.07) is 3.15. The van der Waals surface area contributed by atoms with Gasteiger partial charge >= 0.3 is 0 Å². The number of hydrogen-bond donors (Lipinski definition) is 1. The highest BCUT2D eigenvalue weighted by Gasteiger charge is 2.29. The predicted molar refractivity (Wildman–Crippen MR) is 61.0 cm³/mol. The van der Waals surface area contributed by atoms with Gasteiger partial charge in [0.15, 0.2) is 0 Å². The van der Waals surface area contributed by atoms with Gasteiger partial charge in [0, 0.05) is 16.8 Å². The molecule has 0 saturated carbocycles. The fourth-order valence-corrected chi connectivity index (χ4v) is 3.99. The molecule has 1 N–H and O–H groups in total. The minimum atomic E-state index is 0.781. The van der Waals surface area contributed by atoms with Crippen LogP contribution in [0.15, 0.2) is 11.4 Å². The van der Waals surface area contributed by atoms with Crippen molar-refractivity contribution in [3.8, 4) is 0 Å². The lowest BCUT2D eigenvalue weighted by molar-refractivity contribution is 0.435. The maximum atomic E-state index is 3.66. The summed E-state index contributed by atoms with van der Waals surface area (Å²) in [6.45, 7) is 1.24. The van der Waals surface area contributed by atoms with Gasteiger partial charge in [0.1, 0.15) is 0 Å². The molecule has 0 amide bonds. The van der Waals surface area contributed by atoms with Crippen molar-refractivity contribution in [2.75, 3.05) is 6.54 Å². The van der Waals surface area contributed by atoms with E-state index in [1.54, 1.807) is 10.4 Å². The molecule has 3 rings (SSSR count). The topological polar surface area (TPSA) is 12.0 Å². The van der Waals surface area contributed by atoms with Crippen LogP contribution in [-0.2, 0) is 6.42 Å². The molecule has 2 heteroatoms. The molecule has 1 aromatic heterocycles. The lowest BCUT2D eigenvalue weighted by Crippen LogP contribution is -2.30. The van der Waals surface area contributed by atoms with Gasteiger partial charge in [0.2, 0.25) is 0 Å². The number of fused-ring (bicyclic) bond motifs is 1. The molecule has 0 aromatic carbocycles. The maximum Gasteiger partial charge on any atom is 0.0137 e. The van der Waals surface area contributed by atoms with Crippen molar-refractivity contribution in [1.82, 2.24) is 5.32 Å². The van der Waals surface area contributed by atoms with Gasteiger partial charge in [-0.15, -0.1) is 11.3 Å². The van der Waals surface area contributed by atoms with Crippen LogP contribution in [0, 0.1) is 0 Å². The minimum Gasteiger partial charge on any atom is -0.313 e. The van der Waals surface area contributed by atoms with Gasteiger partial charge in [-0.2, -0.15) is 0 Å². The molecule has 1 aromatic rings. The van der Waals surface area contributed by atoms with Crippen molar-refractivity contribution in [1.29, 1.82) is 0 Å². The summed E-state index contributed by atoms with van der Waals surface area (Å²) in [7, 11) is 0. The molecule has 14 heavy (non-hydrogen) atoms. The third kappa shape index (κ3) is 1.41. The highest BCUT2D eigenvalue weighted by Crippen LogP contribution is 2.38. The Balaban J connectivity index is 1.88. The summed E-state index contributed by atoms with van der Waals surface area (Å²) in [5.41, 5.74) is 1.67. The molecule has 2 aliphatic rings. The summed E-state index contributed by atoms with van der Waals surface area (Å²) in [5.74, 6) is 0.826. The highest BCUT2D eigenvalue weighted by molar-refractivity contribution is 7.10. The van der Waals surface area contributed by atoms with E-state index < -0.39 is 0 Å². The molecule has 76 valence electrons. The third-order valence-corrected chi connectivity index (χ3v) is 4.68. The van der Waals surface area contributed by atoms with Gasteiger partial charge in [-0.05, 0) is 55.7 Å². The van der Waals surface area contributed by atoms with E-state index in [9.17, 15) is 0 Å². The van der Waals surface area contributed by atoms with Crippen LogP contribution < -0.4 is 5.32 Å². The Morgan fingerprint density at radius 1 is 1.29 bits per heavy atom. The Bertz CT molecular complexity index is 312. The molecule has 1 fully saturated rings. The zero-order valence-corrected chi connectivity index (χ0v) is 9.28. The van der Waals surface area contributed by atoms with Gasteiger partial charge in [-0.3, -0.25) is 0 Å². The van der Waals surface area contributed by atoms with Crippen molar-refractivity contribution in [2.24, 2.45) is 0 Å². The molecule has 1 aliphatic heterocycles. The van der Waals surface area contributed by atoms with E-state index in [2.05, 4.69) is 16.8 Å². The van der Waals surface area contributed by atoms with Crippen LogP contribution in [0.25, 0.3) is 0 Å². The molecule has 0 bridgehead atoms. The molecule has 2 atom stereocenters. The molecule has 2 unspecified atom stereocenters. The first-order valence-electron chi connectivity index (χ1n) is 5.75. The standard InChI is InChI=1S/C12H17NS/c1-3-9(11-4-2-7-13-11)10-6-8-14-12(10)5-1/h6,8-9,11,13H,1-5,7H2. The summed E-state index contributed by atoms with van der Waals surface area (Å²) in [4.78, 5) is 1.66. The van der Waals surface area contributed by atoms with E-state index in [0.717, 1.165) is 12.0 Å². The molecule has 1 saturated heterocycles. The van der Waals surface area contributed by atoms with E-state index in [1.807, 2.05) is 11.3 Å². The first-order chi connectivity index (χ1) is 6.95. The van der Waals surface area contributed by atoms with E-state index in [0.29, 0.717) is 0 Å². The number of hydrogen-bond acceptors (Lipinski definition) is 2. The molecular formula is C12H17NS. The van der Waals surface area contributed by atoms with Crippen molar-refractivity contribution in [3.63, 3.8) is 0 Å². The van der Waals surface area contributed by atoms with Gasteiger partial charge < -0.3 is 5.32 Å². The Kier molecular flexibility index (Phi) is 2.34. The number of aryl methyl sites for hydroxylation is 1. The second-order valence-electron chi connectivity index (χ2n) is 4.50. The zero-order valence-electron chi connectivity index (χ0n) is 8.46. The Morgan fingerprint density at radius 3 is 3.14 bits per heavy atom. The Morgan fingerprint density at radius 2 is 2.29 bits per heavy atom. The summed E-state index contributed by atoms with van der Waals surface area (Å²) in [5, 5.41) is 5.94. The average molecular weight is 207 g/mol. The fourth-order valence-electron chi connectivity index (χ4n) is 2.99. The molecule has 2 heterocycles. The smallest absolute Gasteiger partial charge is 0.0137 e. The van der Waals surface area contributed by atoms with E-state index in [4.69, 9.17) is 0 Å². The summed E-state index contributed by atoms with van der Waals surface area (Å²) >= 11 is 1.96. The summed E-state index contributed by atoms with van der Waals surface area (Å²) in [6.07, 6.45) is 6.90. The molecule has 1 aliphatic carbocycles. The van der Waals surface area contributed by atoms with E-state index >= 15 is 0 Å². The van der Waals surface area contributed by atoms with Crippen LogP contribution in [0.5, 0.6) is 0 Å². The van der Waals surface area contributed by atoms with Crippen molar-refractivity contribution >= 4 is 11.3 Å². The Labute approximate surface area is 89.5 Å².